The largest absolute Gasteiger partial charge is 0.398 e. The van der Waals surface area contributed by atoms with E-state index in [1.807, 2.05) is 0 Å². The molecule has 0 atom stereocenters. The molecule has 0 fully saturated rings. The van der Waals surface area contributed by atoms with Crippen LogP contribution in [0.5, 0.6) is 0 Å². The standard InChI is InChI=1S/C46H48N2/c1-27-11-19-37(31(5)23-27)42-41(35-15-17-36(18-16-35)48(9)10)43(38-20-12-28(2)24-32(38)6)45(40-22-14-30(4)26-34(40)8)46(47)44(42)39-21-13-29(3)25-33(39)7/h11-26H,47H2,1-10H3. The number of aryl methyl sites for hydroxylation is 8. The third-order valence-electron chi connectivity index (χ3n) is 9.82. The van der Waals surface area contributed by atoms with Crippen LogP contribution in [0.15, 0.2) is 97.1 Å². The zero-order chi connectivity index (χ0) is 34.4. The Labute approximate surface area is 287 Å². The average molecular weight is 629 g/mol. The summed E-state index contributed by atoms with van der Waals surface area (Å²) in [7, 11) is 4.19. The zero-order valence-electron chi connectivity index (χ0n) is 30.3. The fraction of sp³-hybridized carbons (Fsp3) is 0.217. The minimum absolute atomic E-state index is 0.813. The lowest BCUT2D eigenvalue weighted by Crippen LogP contribution is -2.08. The van der Waals surface area contributed by atoms with Crippen molar-refractivity contribution in [3.05, 3.63) is 142 Å². The highest BCUT2D eigenvalue weighted by molar-refractivity contribution is 6.14. The van der Waals surface area contributed by atoms with Gasteiger partial charge in [0.05, 0.1) is 0 Å². The minimum Gasteiger partial charge on any atom is -0.398 e. The van der Waals surface area contributed by atoms with Gasteiger partial charge in [-0.3, -0.25) is 0 Å². The van der Waals surface area contributed by atoms with Crippen molar-refractivity contribution in [3.63, 3.8) is 0 Å². The van der Waals surface area contributed by atoms with Crippen molar-refractivity contribution in [3.8, 4) is 55.6 Å². The Morgan fingerprint density at radius 2 is 0.688 bits per heavy atom. The summed E-state index contributed by atoms with van der Waals surface area (Å²) in [5.41, 5.74) is 31.2. The van der Waals surface area contributed by atoms with Gasteiger partial charge in [0, 0.05) is 47.7 Å². The van der Waals surface area contributed by atoms with E-state index in [-0.39, 0.29) is 0 Å². The van der Waals surface area contributed by atoms with Gasteiger partial charge in [-0.05, 0) is 123 Å². The number of nitrogens with two attached hydrogens (primary N) is 1. The fourth-order valence-corrected chi connectivity index (χ4v) is 7.46. The first-order valence-corrected chi connectivity index (χ1v) is 16.9. The molecule has 2 nitrogen and oxygen atoms in total. The average Bonchev–Trinajstić information content (AvgIpc) is 3.02. The summed E-state index contributed by atoms with van der Waals surface area (Å²) >= 11 is 0. The molecule has 2 N–H and O–H groups in total. The maximum absolute atomic E-state index is 7.70. The third kappa shape index (κ3) is 5.92. The van der Waals surface area contributed by atoms with Crippen LogP contribution in [0.4, 0.5) is 11.4 Å². The second kappa shape index (κ2) is 12.8. The van der Waals surface area contributed by atoms with Crippen LogP contribution in [0.2, 0.25) is 0 Å². The van der Waals surface area contributed by atoms with Crippen molar-refractivity contribution >= 4 is 11.4 Å². The van der Waals surface area contributed by atoms with Gasteiger partial charge >= 0.3 is 0 Å². The topological polar surface area (TPSA) is 29.3 Å². The molecule has 6 aromatic carbocycles. The van der Waals surface area contributed by atoms with Gasteiger partial charge < -0.3 is 10.6 Å². The maximum atomic E-state index is 7.70. The van der Waals surface area contributed by atoms with Gasteiger partial charge in [-0.15, -0.1) is 0 Å². The molecule has 6 rings (SSSR count). The molecule has 0 unspecified atom stereocenters. The number of rotatable bonds is 6. The minimum atomic E-state index is 0.813. The van der Waals surface area contributed by atoms with Crippen LogP contribution in [0.25, 0.3) is 55.6 Å². The monoisotopic (exact) mass is 628 g/mol. The van der Waals surface area contributed by atoms with E-state index in [0.29, 0.717) is 0 Å². The predicted molar refractivity (Wildman–Crippen MR) is 210 cm³/mol. The lowest BCUT2D eigenvalue weighted by atomic mass is 9.75. The van der Waals surface area contributed by atoms with Gasteiger partial charge in [0.2, 0.25) is 0 Å². The Balaban J connectivity index is 1.95. The molecule has 0 amide bonds. The second-order valence-corrected chi connectivity index (χ2v) is 14.0. The molecule has 0 aliphatic heterocycles. The van der Waals surface area contributed by atoms with E-state index < -0.39 is 0 Å². The predicted octanol–water partition coefficient (Wildman–Crippen LogP) is 12.1. The smallest absolute Gasteiger partial charge is 0.0486 e. The van der Waals surface area contributed by atoms with Crippen LogP contribution in [0, 0.1) is 55.4 Å². The van der Waals surface area contributed by atoms with Crippen molar-refractivity contribution in [1.29, 1.82) is 0 Å². The molecule has 0 aromatic heterocycles. The molecular weight excluding hydrogens is 581 g/mol. The summed E-state index contributed by atoms with van der Waals surface area (Å²) in [4.78, 5) is 2.16. The molecule has 0 aliphatic carbocycles. The molecule has 0 bridgehead atoms. The Hall–Kier alpha value is -5.08. The van der Waals surface area contributed by atoms with Gasteiger partial charge in [0.25, 0.3) is 0 Å². The molecule has 242 valence electrons. The molecule has 48 heavy (non-hydrogen) atoms. The summed E-state index contributed by atoms with van der Waals surface area (Å²) in [6.45, 7) is 17.6. The molecule has 6 aromatic rings. The summed E-state index contributed by atoms with van der Waals surface area (Å²) in [6.07, 6.45) is 0. The zero-order valence-corrected chi connectivity index (χ0v) is 30.3. The number of nitrogens with zero attached hydrogens (tertiary/aromatic N) is 1. The number of anilines is 2. The highest BCUT2D eigenvalue weighted by Crippen LogP contribution is 2.56. The van der Waals surface area contributed by atoms with E-state index in [0.717, 1.165) is 27.9 Å². The number of hydrogen-bond donors (Lipinski definition) is 1. The first-order valence-electron chi connectivity index (χ1n) is 16.9. The Morgan fingerprint density at radius 3 is 0.979 bits per heavy atom. The molecule has 0 saturated carbocycles. The van der Waals surface area contributed by atoms with Crippen LogP contribution in [-0.4, -0.2) is 14.1 Å². The number of benzene rings is 6. The van der Waals surface area contributed by atoms with Crippen LogP contribution >= 0.6 is 0 Å². The van der Waals surface area contributed by atoms with Gasteiger partial charge in [-0.25, -0.2) is 0 Å². The molecule has 0 spiro atoms. The van der Waals surface area contributed by atoms with Crippen LogP contribution < -0.4 is 10.6 Å². The lowest BCUT2D eigenvalue weighted by molar-refractivity contribution is 1.13. The number of hydrogen-bond acceptors (Lipinski definition) is 2. The molecule has 0 radical (unpaired) electrons. The van der Waals surface area contributed by atoms with Crippen molar-refractivity contribution in [2.45, 2.75) is 55.4 Å². The third-order valence-corrected chi connectivity index (χ3v) is 9.82. The molecule has 0 aliphatic rings. The summed E-state index contributed by atoms with van der Waals surface area (Å²) in [5, 5.41) is 0. The normalized spacial score (nSPS) is 11.2. The van der Waals surface area contributed by atoms with Crippen LogP contribution in [0.3, 0.4) is 0 Å². The first kappa shape index (κ1) is 32.8. The van der Waals surface area contributed by atoms with Gasteiger partial charge in [-0.2, -0.15) is 0 Å². The van der Waals surface area contributed by atoms with Gasteiger partial charge in [0.15, 0.2) is 0 Å². The highest BCUT2D eigenvalue weighted by atomic mass is 15.1. The Morgan fingerprint density at radius 1 is 0.375 bits per heavy atom. The SMILES string of the molecule is Cc1ccc(-c2c(N)c(-c3ccc(C)cc3C)c(-c3ccc(C)cc3C)c(-c3ccc(N(C)C)cc3)c2-c2ccc(C)cc2C)c(C)c1. The molecular formula is C46H48N2. The summed E-state index contributed by atoms with van der Waals surface area (Å²) < 4.78 is 0. The lowest BCUT2D eigenvalue weighted by Gasteiger charge is -2.29. The maximum Gasteiger partial charge on any atom is 0.0486 e. The Bertz CT molecular complexity index is 2050. The number of nitrogen functional groups attached to an aromatic ring is 1. The van der Waals surface area contributed by atoms with E-state index in [1.165, 1.54) is 83.6 Å². The quantitative estimate of drug-likeness (QED) is 0.186. The van der Waals surface area contributed by atoms with E-state index >= 15 is 0 Å². The van der Waals surface area contributed by atoms with E-state index in [1.54, 1.807) is 0 Å². The van der Waals surface area contributed by atoms with E-state index in [2.05, 4.69) is 171 Å². The van der Waals surface area contributed by atoms with Crippen molar-refractivity contribution in [1.82, 2.24) is 0 Å². The molecule has 0 saturated heterocycles. The van der Waals surface area contributed by atoms with Gasteiger partial charge in [-0.1, -0.05) is 107 Å². The summed E-state index contributed by atoms with van der Waals surface area (Å²) in [5.74, 6) is 0. The van der Waals surface area contributed by atoms with Gasteiger partial charge in [0.1, 0.15) is 0 Å². The molecule has 2 heteroatoms. The first-order chi connectivity index (χ1) is 22.8. The van der Waals surface area contributed by atoms with Crippen LogP contribution in [-0.2, 0) is 0 Å². The fourth-order valence-electron chi connectivity index (χ4n) is 7.46. The van der Waals surface area contributed by atoms with Crippen molar-refractivity contribution in [2.75, 3.05) is 24.7 Å². The van der Waals surface area contributed by atoms with E-state index in [9.17, 15) is 0 Å². The Kier molecular flexibility index (Phi) is 8.79. The molecule has 0 heterocycles. The van der Waals surface area contributed by atoms with E-state index in [4.69, 9.17) is 5.73 Å². The highest BCUT2D eigenvalue weighted by Gasteiger charge is 2.29. The van der Waals surface area contributed by atoms with Crippen molar-refractivity contribution in [2.24, 2.45) is 0 Å². The second-order valence-electron chi connectivity index (χ2n) is 14.0. The van der Waals surface area contributed by atoms with Crippen molar-refractivity contribution < 1.29 is 0 Å². The summed E-state index contributed by atoms with van der Waals surface area (Å²) in [6, 6.07) is 36.2. The van der Waals surface area contributed by atoms with Crippen LogP contribution in [0.1, 0.15) is 44.5 Å².